The molecule has 0 N–H and O–H groups in total. The van der Waals surface area contributed by atoms with Crippen LogP contribution in [0.5, 0.6) is 0 Å². The number of aryl methyl sites for hydroxylation is 1. The van der Waals surface area contributed by atoms with Gasteiger partial charge in [-0.15, -0.1) is 0 Å². The van der Waals surface area contributed by atoms with Gasteiger partial charge in [-0.3, -0.25) is 4.79 Å². The molecule has 0 saturated heterocycles. The number of benzene rings is 1. The van der Waals surface area contributed by atoms with Crippen LogP contribution in [0.1, 0.15) is 72.1 Å². The number of aromatic nitrogens is 2. The van der Waals surface area contributed by atoms with E-state index in [2.05, 4.69) is 4.98 Å². The SMILES string of the molecule is COC(=O)C1(c2cn(-c3ccc(C)cc3)cn2)CC1CCCN(C(=O)OC(C)(C)C)C(=O)OC(C)(C)C. The Morgan fingerprint density at radius 3 is 2.11 bits per heavy atom. The Kier molecular flexibility index (Phi) is 8.05. The van der Waals surface area contributed by atoms with Gasteiger partial charge in [0.05, 0.1) is 19.1 Å². The average molecular weight is 514 g/mol. The molecule has 202 valence electrons. The first-order valence-electron chi connectivity index (χ1n) is 12.6. The zero-order chi connectivity index (χ0) is 27.6. The Morgan fingerprint density at radius 1 is 1.03 bits per heavy atom. The first-order valence-corrected chi connectivity index (χ1v) is 12.6. The summed E-state index contributed by atoms with van der Waals surface area (Å²) in [6, 6.07) is 8.04. The number of nitrogens with zero attached hydrogens (tertiary/aromatic N) is 3. The second kappa shape index (κ2) is 10.6. The molecule has 1 fully saturated rings. The summed E-state index contributed by atoms with van der Waals surface area (Å²) in [7, 11) is 1.38. The predicted octanol–water partition coefficient (Wildman–Crippen LogP) is 5.56. The van der Waals surface area contributed by atoms with Crippen molar-refractivity contribution in [1.29, 1.82) is 0 Å². The summed E-state index contributed by atoms with van der Waals surface area (Å²) in [5, 5.41) is 0. The van der Waals surface area contributed by atoms with Crippen LogP contribution in [0.3, 0.4) is 0 Å². The molecule has 9 heteroatoms. The standard InChI is InChI=1S/C28H39N3O6/c1-19-11-13-21(14-12-19)30-17-22(29-18-30)28(23(32)35-8)16-20(28)10-9-15-31(24(33)36-26(2,3)4)25(34)37-27(5,6)7/h11-14,17-18,20H,9-10,15-16H2,1-8H3. The summed E-state index contributed by atoms with van der Waals surface area (Å²) < 4.78 is 17.9. The number of methoxy groups -OCH3 is 1. The number of hydrogen-bond acceptors (Lipinski definition) is 7. The van der Waals surface area contributed by atoms with Crippen molar-refractivity contribution >= 4 is 18.2 Å². The van der Waals surface area contributed by atoms with Crippen LogP contribution in [0.2, 0.25) is 0 Å². The number of imidazole rings is 1. The van der Waals surface area contributed by atoms with Crippen LogP contribution in [0, 0.1) is 12.8 Å². The number of hydrogen-bond donors (Lipinski definition) is 0. The van der Waals surface area contributed by atoms with Crippen molar-refractivity contribution in [3.05, 3.63) is 48.0 Å². The lowest BCUT2D eigenvalue weighted by molar-refractivity contribution is -0.144. The summed E-state index contributed by atoms with van der Waals surface area (Å²) in [6.45, 7) is 12.6. The summed E-state index contributed by atoms with van der Waals surface area (Å²) in [5.41, 5.74) is 0.402. The van der Waals surface area contributed by atoms with E-state index in [-0.39, 0.29) is 18.4 Å². The molecule has 3 rings (SSSR count). The van der Waals surface area contributed by atoms with E-state index in [0.717, 1.165) is 16.2 Å². The molecule has 2 aromatic rings. The molecule has 2 unspecified atom stereocenters. The molecule has 1 aliphatic carbocycles. The second-order valence-corrected chi connectivity index (χ2v) is 11.6. The van der Waals surface area contributed by atoms with E-state index in [1.54, 1.807) is 47.9 Å². The molecule has 1 aromatic carbocycles. The first kappa shape index (κ1) is 28.2. The molecular weight excluding hydrogens is 474 g/mol. The maximum atomic E-state index is 12.9. The molecule has 37 heavy (non-hydrogen) atoms. The minimum atomic E-state index is -0.840. The highest BCUT2D eigenvalue weighted by atomic mass is 16.6. The summed E-state index contributed by atoms with van der Waals surface area (Å²) in [4.78, 5) is 43.9. The maximum absolute atomic E-state index is 12.9. The molecule has 0 spiro atoms. The first-order chi connectivity index (χ1) is 17.2. The Balaban J connectivity index is 1.72. The lowest BCUT2D eigenvalue weighted by Crippen LogP contribution is -2.44. The summed E-state index contributed by atoms with van der Waals surface area (Å²) in [5.74, 6) is -0.358. The normalized spacial score (nSPS) is 19.2. The van der Waals surface area contributed by atoms with Gasteiger partial charge in [-0.05, 0) is 85.8 Å². The van der Waals surface area contributed by atoms with Crippen LogP contribution in [0.15, 0.2) is 36.8 Å². The number of carbonyl (C=O) groups excluding carboxylic acids is 3. The van der Waals surface area contributed by atoms with Gasteiger partial charge < -0.3 is 18.8 Å². The largest absolute Gasteiger partial charge is 0.468 e. The van der Waals surface area contributed by atoms with Crippen molar-refractivity contribution in [2.24, 2.45) is 5.92 Å². The van der Waals surface area contributed by atoms with Crippen LogP contribution < -0.4 is 0 Å². The van der Waals surface area contributed by atoms with Gasteiger partial charge in [-0.2, -0.15) is 0 Å². The van der Waals surface area contributed by atoms with Crippen molar-refractivity contribution in [2.75, 3.05) is 13.7 Å². The molecule has 1 aromatic heterocycles. The molecule has 2 atom stereocenters. The fourth-order valence-corrected chi connectivity index (χ4v) is 4.33. The highest BCUT2D eigenvalue weighted by Gasteiger charge is 2.63. The minimum Gasteiger partial charge on any atom is -0.468 e. The molecule has 0 radical (unpaired) electrons. The maximum Gasteiger partial charge on any atom is 0.419 e. The monoisotopic (exact) mass is 513 g/mol. The van der Waals surface area contributed by atoms with Crippen molar-refractivity contribution < 1.29 is 28.6 Å². The Morgan fingerprint density at radius 2 is 1.59 bits per heavy atom. The van der Waals surface area contributed by atoms with Crippen molar-refractivity contribution in [2.45, 2.75) is 84.3 Å². The zero-order valence-electron chi connectivity index (χ0n) is 23.2. The Hall–Kier alpha value is -3.36. The number of carbonyl (C=O) groups is 3. The third-order valence-corrected chi connectivity index (χ3v) is 6.19. The van der Waals surface area contributed by atoms with Crippen molar-refractivity contribution in [1.82, 2.24) is 14.5 Å². The quantitative estimate of drug-likeness (QED) is 0.353. The van der Waals surface area contributed by atoms with Gasteiger partial charge in [0.2, 0.25) is 0 Å². The number of imide groups is 1. The van der Waals surface area contributed by atoms with Gasteiger partial charge in [0, 0.05) is 18.4 Å². The van der Waals surface area contributed by atoms with Crippen molar-refractivity contribution in [3.63, 3.8) is 0 Å². The van der Waals surface area contributed by atoms with Gasteiger partial charge >= 0.3 is 18.2 Å². The Labute approximate surface area is 219 Å². The van der Waals surface area contributed by atoms with E-state index in [0.29, 0.717) is 25.0 Å². The zero-order valence-corrected chi connectivity index (χ0v) is 23.2. The van der Waals surface area contributed by atoms with E-state index in [1.165, 1.54) is 7.11 Å². The molecule has 1 heterocycles. The lowest BCUT2D eigenvalue weighted by atomic mass is 9.97. The van der Waals surface area contributed by atoms with Crippen LogP contribution in [0.25, 0.3) is 5.69 Å². The molecular formula is C28H39N3O6. The van der Waals surface area contributed by atoms with E-state index in [1.807, 2.05) is 42.0 Å². The molecule has 2 amide bonds. The number of ether oxygens (including phenoxy) is 3. The fraction of sp³-hybridized carbons (Fsp3) is 0.571. The van der Waals surface area contributed by atoms with E-state index >= 15 is 0 Å². The van der Waals surface area contributed by atoms with Gasteiger partial charge in [-0.25, -0.2) is 19.5 Å². The molecule has 1 saturated carbocycles. The van der Waals surface area contributed by atoms with Crippen molar-refractivity contribution in [3.8, 4) is 5.69 Å². The average Bonchev–Trinajstić information content (AvgIpc) is 3.29. The third-order valence-electron chi connectivity index (χ3n) is 6.19. The topological polar surface area (TPSA) is 100.0 Å². The summed E-state index contributed by atoms with van der Waals surface area (Å²) >= 11 is 0. The highest BCUT2D eigenvalue weighted by Crippen LogP contribution is 2.57. The van der Waals surface area contributed by atoms with E-state index in [4.69, 9.17) is 14.2 Å². The molecule has 0 aliphatic heterocycles. The van der Waals surface area contributed by atoms with E-state index in [9.17, 15) is 14.4 Å². The Bertz CT molecular complexity index is 1100. The van der Waals surface area contributed by atoms with Crippen LogP contribution in [-0.2, 0) is 24.4 Å². The number of rotatable bonds is 7. The molecule has 9 nitrogen and oxygen atoms in total. The fourth-order valence-electron chi connectivity index (χ4n) is 4.33. The van der Waals surface area contributed by atoms with E-state index < -0.39 is 28.8 Å². The minimum absolute atomic E-state index is 0.0274. The van der Waals surface area contributed by atoms with Crippen LogP contribution >= 0.6 is 0 Å². The smallest absolute Gasteiger partial charge is 0.419 e. The van der Waals surface area contributed by atoms with Gasteiger partial charge in [0.25, 0.3) is 0 Å². The van der Waals surface area contributed by atoms with Crippen LogP contribution in [-0.4, -0.2) is 57.5 Å². The molecule has 0 bridgehead atoms. The van der Waals surface area contributed by atoms with Gasteiger partial charge in [0.15, 0.2) is 0 Å². The third kappa shape index (κ3) is 6.90. The van der Waals surface area contributed by atoms with Gasteiger partial charge in [-0.1, -0.05) is 17.7 Å². The lowest BCUT2D eigenvalue weighted by Gasteiger charge is -2.28. The summed E-state index contributed by atoms with van der Waals surface area (Å²) in [6.07, 6.45) is 3.71. The van der Waals surface area contributed by atoms with Gasteiger partial charge in [0.1, 0.15) is 16.6 Å². The number of esters is 1. The highest BCUT2D eigenvalue weighted by molar-refractivity contribution is 5.88. The second-order valence-electron chi connectivity index (χ2n) is 11.6. The molecule has 1 aliphatic rings. The van der Waals surface area contributed by atoms with Crippen LogP contribution in [0.4, 0.5) is 9.59 Å². The number of amides is 2. The predicted molar refractivity (Wildman–Crippen MR) is 139 cm³/mol.